The highest BCUT2D eigenvalue weighted by Crippen LogP contribution is 2.24. The molecule has 3 rings (SSSR count). The van der Waals surface area contributed by atoms with E-state index in [1.54, 1.807) is 6.92 Å². The molecule has 2 heterocycles. The Labute approximate surface area is 130 Å². The first-order chi connectivity index (χ1) is 10.5. The van der Waals surface area contributed by atoms with Crippen LogP contribution in [0.3, 0.4) is 0 Å². The van der Waals surface area contributed by atoms with Crippen molar-refractivity contribution >= 4 is 10.0 Å². The molecule has 22 heavy (non-hydrogen) atoms. The van der Waals surface area contributed by atoms with Gasteiger partial charge in [-0.1, -0.05) is 29.4 Å². The van der Waals surface area contributed by atoms with E-state index in [-0.39, 0.29) is 11.8 Å². The summed E-state index contributed by atoms with van der Waals surface area (Å²) in [6, 6.07) is 7.75. The summed E-state index contributed by atoms with van der Waals surface area (Å²) in [6.45, 7) is 4.37. The molecule has 0 bridgehead atoms. The normalized spacial score (nSPS) is 21.8. The van der Waals surface area contributed by atoms with Crippen molar-refractivity contribution in [2.24, 2.45) is 0 Å². The zero-order valence-electron chi connectivity index (χ0n) is 12.7. The van der Waals surface area contributed by atoms with E-state index in [0.717, 1.165) is 17.5 Å². The van der Waals surface area contributed by atoms with Crippen molar-refractivity contribution < 1.29 is 12.9 Å². The number of benzene rings is 1. The predicted molar refractivity (Wildman–Crippen MR) is 82.5 cm³/mol. The van der Waals surface area contributed by atoms with Crippen LogP contribution < -0.4 is 0 Å². The van der Waals surface area contributed by atoms with Crippen LogP contribution in [-0.2, 0) is 16.6 Å². The van der Waals surface area contributed by atoms with E-state index in [0.29, 0.717) is 24.7 Å². The maximum Gasteiger partial charge on any atom is 0.242 e. The SMILES string of the molecule is Cc1ccccc1-c1noc(CN2CCCC(C)S2(=O)=O)n1. The number of aromatic nitrogens is 2. The summed E-state index contributed by atoms with van der Waals surface area (Å²) >= 11 is 0. The molecule has 0 aliphatic carbocycles. The predicted octanol–water partition coefficient (Wildman–Crippen LogP) is 2.36. The fourth-order valence-electron chi connectivity index (χ4n) is 2.66. The maximum atomic E-state index is 12.3. The molecule has 1 aliphatic heterocycles. The lowest BCUT2D eigenvalue weighted by Crippen LogP contribution is -2.41. The molecule has 1 aromatic carbocycles. The van der Waals surface area contributed by atoms with Gasteiger partial charge in [0.25, 0.3) is 0 Å². The Morgan fingerprint density at radius 2 is 2.14 bits per heavy atom. The number of nitrogens with zero attached hydrogens (tertiary/aromatic N) is 3. The van der Waals surface area contributed by atoms with E-state index in [1.165, 1.54) is 4.31 Å². The summed E-state index contributed by atoms with van der Waals surface area (Å²) in [5, 5.41) is 3.62. The number of sulfonamides is 1. The zero-order chi connectivity index (χ0) is 15.7. The van der Waals surface area contributed by atoms with E-state index in [2.05, 4.69) is 10.1 Å². The molecule has 1 fully saturated rings. The van der Waals surface area contributed by atoms with Crippen molar-refractivity contribution in [3.8, 4) is 11.4 Å². The molecule has 118 valence electrons. The van der Waals surface area contributed by atoms with Gasteiger partial charge in [0.15, 0.2) is 0 Å². The van der Waals surface area contributed by atoms with E-state index in [1.807, 2.05) is 31.2 Å². The van der Waals surface area contributed by atoms with Crippen LogP contribution in [0.2, 0.25) is 0 Å². The van der Waals surface area contributed by atoms with Crippen LogP contribution in [0.1, 0.15) is 31.2 Å². The molecule has 0 radical (unpaired) electrons. The van der Waals surface area contributed by atoms with Gasteiger partial charge in [-0.3, -0.25) is 0 Å². The first-order valence-corrected chi connectivity index (χ1v) is 8.86. The van der Waals surface area contributed by atoms with Gasteiger partial charge in [-0.25, -0.2) is 8.42 Å². The number of rotatable bonds is 3. The average molecular weight is 321 g/mol. The number of aryl methyl sites for hydroxylation is 1. The smallest absolute Gasteiger partial charge is 0.242 e. The highest BCUT2D eigenvalue weighted by atomic mass is 32.2. The fourth-order valence-corrected chi connectivity index (χ4v) is 4.31. The average Bonchev–Trinajstić information content (AvgIpc) is 2.93. The second-order valence-electron chi connectivity index (χ2n) is 5.66. The molecule has 1 aromatic heterocycles. The quantitative estimate of drug-likeness (QED) is 0.867. The van der Waals surface area contributed by atoms with Gasteiger partial charge in [-0.2, -0.15) is 9.29 Å². The third-order valence-electron chi connectivity index (χ3n) is 4.05. The summed E-state index contributed by atoms with van der Waals surface area (Å²) in [6.07, 6.45) is 1.57. The van der Waals surface area contributed by atoms with E-state index < -0.39 is 10.0 Å². The molecular formula is C15H19N3O3S. The van der Waals surface area contributed by atoms with E-state index in [4.69, 9.17) is 4.52 Å². The van der Waals surface area contributed by atoms with Gasteiger partial charge in [0.05, 0.1) is 11.8 Å². The number of hydrogen-bond acceptors (Lipinski definition) is 5. The van der Waals surface area contributed by atoms with Gasteiger partial charge < -0.3 is 4.52 Å². The Balaban J connectivity index is 1.82. The van der Waals surface area contributed by atoms with Gasteiger partial charge >= 0.3 is 0 Å². The van der Waals surface area contributed by atoms with Crippen LogP contribution in [0.15, 0.2) is 28.8 Å². The number of hydrogen-bond donors (Lipinski definition) is 0. The van der Waals surface area contributed by atoms with Gasteiger partial charge in [0.2, 0.25) is 21.7 Å². The summed E-state index contributed by atoms with van der Waals surface area (Å²) < 4.78 is 31.2. The van der Waals surface area contributed by atoms with E-state index >= 15 is 0 Å². The van der Waals surface area contributed by atoms with Gasteiger partial charge in [-0.05, 0) is 32.3 Å². The van der Waals surface area contributed by atoms with Crippen LogP contribution in [0.5, 0.6) is 0 Å². The van der Waals surface area contributed by atoms with Crippen molar-refractivity contribution in [2.75, 3.05) is 6.54 Å². The molecular weight excluding hydrogens is 302 g/mol. The third-order valence-corrected chi connectivity index (χ3v) is 6.34. The minimum Gasteiger partial charge on any atom is -0.338 e. The maximum absolute atomic E-state index is 12.3. The Hall–Kier alpha value is -1.73. The molecule has 2 aromatic rings. The van der Waals surface area contributed by atoms with Crippen LogP contribution in [0.4, 0.5) is 0 Å². The van der Waals surface area contributed by atoms with Crippen molar-refractivity contribution in [2.45, 2.75) is 38.5 Å². The van der Waals surface area contributed by atoms with Gasteiger partial charge in [0.1, 0.15) is 0 Å². The summed E-state index contributed by atoms with van der Waals surface area (Å²) in [5.74, 6) is 0.825. The Kier molecular flexibility index (Phi) is 4.01. The lowest BCUT2D eigenvalue weighted by molar-refractivity contribution is 0.299. The lowest BCUT2D eigenvalue weighted by atomic mass is 10.1. The van der Waals surface area contributed by atoms with Crippen molar-refractivity contribution in [3.63, 3.8) is 0 Å². The van der Waals surface area contributed by atoms with Crippen LogP contribution >= 0.6 is 0 Å². The minimum absolute atomic E-state index is 0.144. The zero-order valence-corrected chi connectivity index (χ0v) is 13.5. The molecule has 6 nitrogen and oxygen atoms in total. The molecule has 1 saturated heterocycles. The molecule has 0 amide bonds. The highest BCUT2D eigenvalue weighted by Gasteiger charge is 2.33. The van der Waals surface area contributed by atoms with Crippen LogP contribution in [0, 0.1) is 6.92 Å². The first-order valence-electron chi connectivity index (χ1n) is 7.36. The minimum atomic E-state index is -3.26. The highest BCUT2D eigenvalue weighted by molar-refractivity contribution is 7.89. The van der Waals surface area contributed by atoms with Crippen LogP contribution in [0.25, 0.3) is 11.4 Å². The van der Waals surface area contributed by atoms with Gasteiger partial charge in [0, 0.05) is 12.1 Å². The van der Waals surface area contributed by atoms with E-state index in [9.17, 15) is 8.42 Å². The second kappa shape index (κ2) is 5.81. The third kappa shape index (κ3) is 2.78. The van der Waals surface area contributed by atoms with Crippen molar-refractivity contribution in [1.82, 2.24) is 14.4 Å². The monoisotopic (exact) mass is 321 g/mol. The molecule has 7 heteroatoms. The summed E-state index contributed by atoms with van der Waals surface area (Å²) in [5.41, 5.74) is 1.95. The summed E-state index contributed by atoms with van der Waals surface area (Å²) in [4.78, 5) is 4.34. The Morgan fingerprint density at radius 3 is 2.91 bits per heavy atom. The molecule has 0 spiro atoms. The fraction of sp³-hybridized carbons (Fsp3) is 0.467. The van der Waals surface area contributed by atoms with Crippen molar-refractivity contribution in [3.05, 3.63) is 35.7 Å². The van der Waals surface area contributed by atoms with Crippen LogP contribution in [-0.4, -0.2) is 34.7 Å². The molecule has 1 unspecified atom stereocenters. The first kappa shape index (κ1) is 15.2. The molecule has 0 saturated carbocycles. The topological polar surface area (TPSA) is 76.3 Å². The molecule has 1 aliphatic rings. The largest absolute Gasteiger partial charge is 0.338 e. The second-order valence-corrected chi connectivity index (χ2v) is 8.01. The molecule has 0 N–H and O–H groups in total. The van der Waals surface area contributed by atoms with Gasteiger partial charge in [-0.15, -0.1) is 0 Å². The Morgan fingerprint density at radius 1 is 1.36 bits per heavy atom. The molecule has 1 atom stereocenters. The summed E-state index contributed by atoms with van der Waals surface area (Å²) in [7, 11) is -3.26. The van der Waals surface area contributed by atoms with Crippen molar-refractivity contribution in [1.29, 1.82) is 0 Å². The lowest BCUT2D eigenvalue weighted by Gasteiger charge is -2.29. The Bertz CT molecular complexity index is 770. The standard InChI is InChI=1S/C15H19N3O3S/c1-11-6-3-4-8-13(11)15-16-14(21-17-15)10-18-9-5-7-12(2)22(18,19)20/h3-4,6,8,12H,5,7,9-10H2,1-2H3.